The molecule has 1 aromatic heterocycles. The molecule has 0 spiro atoms. The lowest BCUT2D eigenvalue weighted by atomic mass is 10.2. The zero-order chi connectivity index (χ0) is 12.4. The Labute approximate surface area is 98.8 Å². The fourth-order valence-corrected chi connectivity index (χ4v) is 1.43. The third-order valence-electron chi connectivity index (χ3n) is 2.50. The molecule has 17 heavy (non-hydrogen) atoms. The van der Waals surface area contributed by atoms with Crippen LogP contribution in [0.5, 0.6) is 5.75 Å². The number of para-hydroxylation sites is 1. The molecule has 0 saturated heterocycles. The molecule has 2 N–H and O–H groups in total. The van der Waals surface area contributed by atoms with Gasteiger partial charge in [0, 0.05) is 7.05 Å². The van der Waals surface area contributed by atoms with Crippen LogP contribution < -0.4 is 10.5 Å². The SMILES string of the molecule is Cc1ccccc1OC(=O)c1cnn(C)c1N. The van der Waals surface area contributed by atoms with Gasteiger partial charge >= 0.3 is 5.97 Å². The van der Waals surface area contributed by atoms with Crippen molar-refractivity contribution in [1.29, 1.82) is 0 Å². The van der Waals surface area contributed by atoms with Gasteiger partial charge in [-0.3, -0.25) is 4.68 Å². The molecule has 0 saturated carbocycles. The molecule has 1 heterocycles. The lowest BCUT2D eigenvalue weighted by Crippen LogP contribution is -2.11. The van der Waals surface area contributed by atoms with Gasteiger partial charge in [-0.25, -0.2) is 4.79 Å². The summed E-state index contributed by atoms with van der Waals surface area (Å²) in [5.74, 6) is 0.328. The first-order valence-corrected chi connectivity index (χ1v) is 5.15. The maximum atomic E-state index is 11.8. The second-order valence-corrected chi connectivity index (χ2v) is 3.72. The molecule has 2 aromatic rings. The van der Waals surface area contributed by atoms with Crippen LogP contribution >= 0.6 is 0 Å². The van der Waals surface area contributed by atoms with Crippen molar-refractivity contribution in [2.45, 2.75) is 6.92 Å². The number of nitrogen functional groups attached to an aromatic ring is 1. The second kappa shape index (κ2) is 4.29. The smallest absolute Gasteiger partial charge is 0.348 e. The topological polar surface area (TPSA) is 70.1 Å². The van der Waals surface area contributed by atoms with E-state index in [0.717, 1.165) is 5.56 Å². The van der Waals surface area contributed by atoms with Crippen molar-refractivity contribution in [2.24, 2.45) is 7.05 Å². The van der Waals surface area contributed by atoms with E-state index in [4.69, 9.17) is 10.5 Å². The molecule has 88 valence electrons. The van der Waals surface area contributed by atoms with Crippen molar-refractivity contribution in [3.8, 4) is 5.75 Å². The first-order valence-electron chi connectivity index (χ1n) is 5.15. The van der Waals surface area contributed by atoms with Gasteiger partial charge in [-0.05, 0) is 18.6 Å². The summed E-state index contributed by atoms with van der Waals surface area (Å²) in [5, 5.41) is 3.89. The van der Waals surface area contributed by atoms with Crippen LogP contribution in [0.3, 0.4) is 0 Å². The molecule has 5 nitrogen and oxygen atoms in total. The largest absolute Gasteiger partial charge is 0.423 e. The number of hydrogen-bond acceptors (Lipinski definition) is 4. The number of ether oxygens (including phenoxy) is 1. The molecule has 1 aromatic carbocycles. The van der Waals surface area contributed by atoms with E-state index in [-0.39, 0.29) is 5.56 Å². The lowest BCUT2D eigenvalue weighted by Gasteiger charge is -2.06. The van der Waals surface area contributed by atoms with Gasteiger partial charge in [-0.15, -0.1) is 0 Å². The van der Waals surface area contributed by atoms with E-state index in [9.17, 15) is 4.79 Å². The predicted molar refractivity (Wildman–Crippen MR) is 63.8 cm³/mol. The third-order valence-corrected chi connectivity index (χ3v) is 2.50. The molecule has 0 unspecified atom stereocenters. The van der Waals surface area contributed by atoms with Gasteiger partial charge in [0.1, 0.15) is 17.1 Å². The molecule has 0 radical (unpaired) electrons. The van der Waals surface area contributed by atoms with Gasteiger partial charge in [0.25, 0.3) is 0 Å². The standard InChI is InChI=1S/C12H13N3O2/c1-8-5-3-4-6-10(8)17-12(16)9-7-14-15(2)11(9)13/h3-7H,13H2,1-2H3. The quantitative estimate of drug-likeness (QED) is 0.628. The van der Waals surface area contributed by atoms with Crippen LogP contribution in [-0.2, 0) is 7.05 Å². The Morgan fingerprint density at radius 3 is 2.71 bits per heavy atom. The summed E-state index contributed by atoms with van der Waals surface area (Å²) in [4.78, 5) is 11.8. The number of rotatable bonds is 2. The van der Waals surface area contributed by atoms with Crippen LogP contribution in [-0.4, -0.2) is 15.7 Å². The molecule has 0 fully saturated rings. The molecule has 5 heteroatoms. The highest BCUT2D eigenvalue weighted by Crippen LogP contribution is 2.19. The zero-order valence-corrected chi connectivity index (χ0v) is 9.68. The van der Waals surface area contributed by atoms with Crippen LogP contribution in [0.4, 0.5) is 5.82 Å². The molecule has 0 aliphatic heterocycles. The number of benzene rings is 1. The van der Waals surface area contributed by atoms with E-state index in [1.54, 1.807) is 13.1 Å². The second-order valence-electron chi connectivity index (χ2n) is 3.72. The summed E-state index contributed by atoms with van der Waals surface area (Å²) in [5.41, 5.74) is 6.86. The van der Waals surface area contributed by atoms with E-state index >= 15 is 0 Å². The Morgan fingerprint density at radius 2 is 2.12 bits per heavy atom. The minimum atomic E-state index is -0.495. The molecule has 0 aliphatic carbocycles. The number of aryl methyl sites for hydroxylation is 2. The molecular weight excluding hydrogens is 218 g/mol. The van der Waals surface area contributed by atoms with Crippen LogP contribution in [0, 0.1) is 6.92 Å². The number of nitrogens with zero attached hydrogens (tertiary/aromatic N) is 2. The number of esters is 1. The Morgan fingerprint density at radius 1 is 1.41 bits per heavy atom. The highest BCUT2D eigenvalue weighted by atomic mass is 16.5. The number of nitrogens with two attached hydrogens (primary N) is 1. The number of hydrogen-bond donors (Lipinski definition) is 1. The average Bonchev–Trinajstić information content (AvgIpc) is 2.63. The minimum Gasteiger partial charge on any atom is -0.423 e. The Bertz CT molecular complexity index is 561. The fourth-order valence-electron chi connectivity index (χ4n) is 1.43. The molecule has 0 amide bonds. The van der Waals surface area contributed by atoms with Crippen LogP contribution in [0.1, 0.15) is 15.9 Å². The monoisotopic (exact) mass is 231 g/mol. The number of carbonyl (C=O) groups is 1. The van der Waals surface area contributed by atoms with Gasteiger partial charge in [0.2, 0.25) is 0 Å². The Kier molecular flexibility index (Phi) is 2.82. The van der Waals surface area contributed by atoms with Gasteiger partial charge in [0.15, 0.2) is 0 Å². The van der Waals surface area contributed by atoms with Crippen molar-refractivity contribution in [2.75, 3.05) is 5.73 Å². The van der Waals surface area contributed by atoms with Gasteiger partial charge in [-0.2, -0.15) is 5.10 Å². The van der Waals surface area contributed by atoms with Crippen molar-refractivity contribution in [3.63, 3.8) is 0 Å². The van der Waals surface area contributed by atoms with Crippen LogP contribution in [0.25, 0.3) is 0 Å². The van der Waals surface area contributed by atoms with Gasteiger partial charge in [-0.1, -0.05) is 18.2 Å². The molecule has 2 rings (SSSR count). The maximum absolute atomic E-state index is 11.8. The van der Waals surface area contributed by atoms with Crippen molar-refractivity contribution < 1.29 is 9.53 Å². The maximum Gasteiger partial charge on any atom is 0.348 e. The number of carbonyl (C=O) groups excluding carboxylic acids is 1. The fraction of sp³-hybridized carbons (Fsp3) is 0.167. The first-order chi connectivity index (χ1) is 8.09. The van der Waals surface area contributed by atoms with Crippen molar-refractivity contribution in [1.82, 2.24) is 9.78 Å². The minimum absolute atomic E-state index is 0.274. The highest BCUT2D eigenvalue weighted by Gasteiger charge is 2.16. The predicted octanol–water partition coefficient (Wildman–Crippen LogP) is 1.53. The summed E-state index contributed by atoms with van der Waals surface area (Å²) in [7, 11) is 1.67. The van der Waals surface area contributed by atoms with E-state index in [0.29, 0.717) is 11.6 Å². The summed E-state index contributed by atoms with van der Waals surface area (Å²) < 4.78 is 6.68. The average molecular weight is 231 g/mol. The third kappa shape index (κ3) is 2.13. The number of aromatic nitrogens is 2. The Balaban J connectivity index is 2.23. The van der Waals surface area contributed by atoms with Gasteiger partial charge < -0.3 is 10.5 Å². The van der Waals surface area contributed by atoms with Crippen LogP contribution in [0.15, 0.2) is 30.5 Å². The van der Waals surface area contributed by atoms with E-state index in [2.05, 4.69) is 5.10 Å². The zero-order valence-electron chi connectivity index (χ0n) is 9.68. The molecular formula is C12H13N3O2. The summed E-state index contributed by atoms with van der Waals surface area (Å²) in [6, 6.07) is 7.29. The number of anilines is 1. The Hall–Kier alpha value is -2.30. The summed E-state index contributed by atoms with van der Waals surface area (Å²) in [6.07, 6.45) is 1.40. The molecule has 0 bridgehead atoms. The first kappa shape index (κ1) is 11.2. The summed E-state index contributed by atoms with van der Waals surface area (Å²) in [6.45, 7) is 1.87. The van der Waals surface area contributed by atoms with Gasteiger partial charge in [0.05, 0.1) is 6.20 Å². The molecule has 0 aliphatic rings. The summed E-state index contributed by atoms with van der Waals surface area (Å²) >= 11 is 0. The highest BCUT2D eigenvalue weighted by molar-refractivity contribution is 5.95. The normalized spacial score (nSPS) is 10.2. The van der Waals surface area contributed by atoms with Crippen LogP contribution in [0.2, 0.25) is 0 Å². The van der Waals surface area contributed by atoms with E-state index < -0.39 is 5.97 Å². The molecule has 0 atom stereocenters. The lowest BCUT2D eigenvalue weighted by molar-refractivity contribution is 0.0734. The van der Waals surface area contributed by atoms with E-state index in [1.807, 2.05) is 25.1 Å². The van der Waals surface area contributed by atoms with E-state index in [1.165, 1.54) is 10.9 Å². The van der Waals surface area contributed by atoms with Crippen molar-refractivity contribution in [3.05, 3.63) is 41.6 Å². The van der Waals surface area contributed by atoms with Crippen molar-refractivity contribution >= 4 is 11.8 Å².